The van der Waals surface area contributed by atoms with E-state index in [-0.39, 0.29) is 6.61 Å². The second-order valence-electron chi connectivity index (χ2n) is 2.03. The van der Waals surface area contributed by atoms with Gasteiger partial charge in [0.15, 0.2) is 11.7 Å². The van der Waals surface area contributed by atoms with Crippen LogP contribution in [0.3, 0.4) is 0 Å². The monoisotopic (exact) mass is 190 g/mol. The van der Waals surface area contributed by atoms with Gasteiger partial charge in [-0.25, -0.2) is 0 Å². The summed E-state index contributed by atoms with van der Waals surface area (Å²) >= 11 is 6.55. The first kappa shape index (κ1) is 8.56. The van der Waals surface area contributed by atoms with Crippen molar-refractivity contribution in [2.75, 3.05) is 6.61 Å². The first-order chi connectivity index (χ1) is 5.20. The van der Waals surface area contributed by atoms with Gasteiger partial charge in [0.2, 0.25) is 0 Å². The predicted molar refractivity (Wildman–Crippen MR) is 45.4 cm³/mol. The van der Waals surface area contributed by atoms with Gasteiger partial charge >= 0.3 is 0 Å². The van der Waals surface area contributed by atoms with Crippen LogP contribution >= 0.6 is 22.9 Å². The highest BCUT2D eigenvalue weighted by atomic mass is 35.5. The van der Waals surface area contributed by atoms with Gasteiger partial charge in [-0.15, -0.1) is 11.3 Å². The largest absolute Gasteiger partial charge is 0.475 e. The molecule has 2 nitrogen and oxygen atoms in total. The van der Waals surface area contributed by atoms with E-state index >= 15 is 0 Å². The lowest BCUT2D eigenvalue weighted by Gasteiger charge is -1.99. The van der Waals surface area contributed by atoms with E-state index in [0.29, 0.717) is 0 Å². The topological polar surface area (TPSA) is 26.3 Å². The van der Waals surface area contributed by atoms with Gasteiger partial charge < -0.3 is 4.74 Å². The van der Waals surface area contributed by atoms with Crippen LogP contribution in [0.5, 0.6) is 5.06 Å². The van der Waals surface area contributed by atoms with Crippen LogP contribution in [0.2, 0.25) is 0 Å². The fourth-order valence-corrected chi connectivity index (χ4v) is 1.46. The maximum Gasteiger partial charge on any atom is 0.259 e. The molecule has 0 saturated carbocycles. The van der Waals surface area contributed by atoms with Crippen LogP contribution in [-0.2, 0) is 4.79 Å². The zero-order chi connectivity index (χ0) is 8.27. The van der Waals surface area contributed by atoms with Crippen molar-refractivity contribution in [3.63, 3.8) is 0 Å². The summed E-state index contributed by atoms with van der Waals surface area (Å²) in [6, 6.07) is 1.93. The Bertz CT molecular complexity index is 257. The summed E-state index contributed by atoms with van der Waals surface area (Å²) in [5.41, 5.74) is 1.04. The number of hydrogen-bond acceptors (Lipinski definition) is 3. The van der Waals surface area contributed by atoms with Crippen LogP contribution in [-0.4, -0.2) is 11.8 Å². The molecule has 0 N–H and O–H groups in total. The number of halogens is 1. The minimum Gasteiger partial charge on any atom is -0.475 e. The third kappa shape index (κ3) is 2.52. The smallest absolute Gasteiger partial charge is 0.259 e. The summed E-state index contributed by atoms with van der Waals surface area (Å²) in [7, 11) is 0. The van der Waals surface area contributed by atoms with Gasteiger partial charge in [-0.05, 0) is 30.0 Å². The van der Waals surface area contributed by atoms with Gasteiger partial charge in [0.25, 0.3) is 5.24 Å². The number of aryl methyl sites for hydroxylation is 1. The van der Waals surface area contributed by atoms with E-state index in [2.05, 4.69) is 0 Å². The molecule has 1 rings (SSSR count). The van der Waals surface area contributed by atoms with Crippen molar-refractivity contribution in [2.24, 2.45) is 0 Å². The van der Waals surface area contributed by atoms with Crippen molar-refractivity contribution in [1.82, 2.24) is 0 Å². The molecule has 0 spiro atoms. The minimum atomic E-state index is -0.474. The molecule has 0 aromatic carbocycles. The Kier molecular flexibility index (Phi) is 2.91. The summed E-state index contributed by atoms with van der Waals surface area (Å²) in [5, 5.41) is 2.19. The Morgan fingerprint density at radius 2 is 2.55 bits per heavy atom. The molecule has 0 bridgehead atoms. The maximum atomic E-state index is 10.3. The number of hydrogen-bond donors (Lipinski definition) is 0. The highest BCUT2D eigenvalue weighted by Gasteiger charge is 2.02. The average molecular weight is 191 g/mol. The molecule has 1 aromatic rings. The SMILES string of the molecule is Cc1ccsc1OCC(=O)Cl. The Morgan fingerprint density at radius 1 is 1.82 bits per heavy atom. The molecule has 1 heterocycles. The van der Waals surface area contributed by atoms with E-state index in [1.54, 1.807) is 0 Å². The molecule has 60 valence electrons. The van der Waals surface area contributed by atoms with Crippen LogP contribution in [0.25, 0.3) is 0 Å². The number of carbonyl (C=O) groups excluding carboxylic acids is 1. The maximum absolute atomic E-state index is 10.3. The fourth-order valence-electron chi connectivity index (χ4n) is 0.629. The lowest BCUT2D eigenvalue weighted by atomic mass is 10.4. The predicted octanol–water partition coefficient (Wildman–Crippen LogP) is 2.20. The number of rotatable bonds is 3. The van der Waals surface area contributed by atoms with Crippen molar-refractivity contribution in [1.29, 1.82) is 0 Å². The van der Waals surface area contributed by atoms with Crippen molar-refractivity contribution in [3.05, 3.63) is 17.0 Å². The van der Waals surface area contributed by atoms with E-state index in [9.17, 15) is 4.79 Å². The van der Waals surface area contributed by atoms with Gasteiger partial charge in [0.1, 0.15) is 0 Å². The zero-order valence-corrected chi connectivity index (χ0v) is 7.54. The highest BCUT2D eigenvalue weighted by molar-refractivity contribution is 7.12. The molecule has 0 unspecified atom stereocenters. The van der Waals surface area contributed by atoms with E-state index in [4.69, 9.17) is 16.3 Å². The molecular formula is C7H7ClO2S. The van der Waals surface area contributed by atoms with Crippen molar-refractivity contribution in [2.45, 2.75) is 6.92 Å². The molecule has 0 fully saturated rings. The van der Waals surface area contributed by atoms with Gasteiger partial charge in [0.05, 0.1) is 0 Å². The van der Waals surface area contributed by atoms with E-state index < -0.39 is 5.24 Å². The van der Waals surface area contributed by atoms with Crippen LogP contribution in [0.15, 0.2) is 11.4 Å². The lowest BCUT2D eigenvalue weighted by Crippen LogP contribution is -2.03. The zero-order valence-electron chi connectivity index (χ0n) is 5.96. The molecule has 0 aliphatic rings. The lowest BCUT2D eigenvalue weighted by molar-refractivity contribution is -0.113. The average Bonchev–Trinajstić information content (AvgIpc) is 2.31. The van der Waals surface area contributed by atoms with Gasteiger partial charge in [0, 0.05) is 5.56 Å². The minimum absolute atomic E-state index is 0.0527. The van der Waals surface area contributed by atoms with Gasteiger partial charge in [-0.3, -0.25) is 4.79 Å². The second-order valence-corrected chi connectivity index (χ2v) is 3.34. The Hall–Kier alpha value is -0.540. The highest BCUT2D eigenvalue weighted by Crippen LogP contribution is 2.24. The molecule has 1 aromatic heterocycles. The Labute approximate surface area is 73.7 Å². The molecular weight excluding hydrogens is 184 g/mol. The van der Waals surface area contributed by atoms with Crippen LogP contribution in [0.1, 0.15) is 5.56 Å². The standard InChI is InChI=1S/C7H7ClO2S/c1-5-2-3-11-7(5)10-4-6(8)9/h2-3H,4H2,1H3. The Balaban J connectivity index is 2.51. The molecule has 0 atom stereocenters. The number of carbonyl (C=O) groups is 1. The summed E-state index contributed by atoms with van der Waals surface area (Å²) in [5.74, 6) is 0. The van der Waals surface area contributed by atoms with E-state index in [1.165, 1.54) is 11.3 Å². The summed E-state index contributed by atoms with van der Waals surface area (Å²) in [4.78, 5) is 10.3. The number of ether oxygens (including phenoxy) is 1. The molecule has 4 heteroatoms. The van der Waals surface area contributed by atoms with Gasteiger partial charge in [-0.1, -0.05) is 0 Å². The molecule has 0 saturated heterocycles. The van der Waals surface area contributed by atoms with Crippen molar-refractivity contribution in [3.8, 4) is 5.06 Å². The molecule has 0 aliphatic carbocycles. The molecule has 0 amide bonds. The number of thiophene rings is 1. The van der Waals surface area contributed by atoms with E-state index in [0.717, 1.165) is 10.6 Å². The molecule has 0 radical (unpaired) electrons. The molecule has 0 aliphatic heterocycles. The molecule has 11 heavy (non-hydrogen) atoms. The summed E-state index contributed by atoms with van der Waals surface area (Å²) in [6.07, 6.45) is 0. The summed E-state index contributed by atoms with van der Waals surface area (Å²) < 4.78 is 5.08. The fraction of sp³-hybridized carbons (Fsp3) is 0.286. The third-order valence-corrected chi connectivity index (χ3v) is 2.17. The second kappa shape index (κ2) is 3.74. The van der Waals surface area contributed by atoms with Crippen molar-refractivity contribution < 1.29 is 9.53 Å². The van der Waals surface area contributed by atoms with E-state index in [1.807, 2.05) is 18.4 Å². The Morgan fingerprint density at radius 3 is 3.00 bits per heavy atom. The van der Waals surface area contributed by atoms with Gasteiger partial charge in [-0.2, -0.15) is 0 Å². The third-order valence-electron chi connectivity index (χ3n) is 1.13. The normalized spacial score (nSPS) is 9.64. The van der Waals surface area contributed by atoms with Crippen LogP contribution in [0.4, 0.5) is 0 Å². The first-order valence-corrected chi connectivity index (χ1v) is 4.31. The first-order valence-electron chi connectivity index (χ1n) is 3.05. The summed E-state index contributed by atoms with van der Waals surface area (Å²) in [6.45, 7) is 1.87. The van der Waals surface area contributed by atoms with Crippen molar-refractivity contribution >= 4 is 28.2 Å². The van der Waals surface area contributed by atoms with Crippen LogP contribution < -0.4 is 4.74 Å². The quantitative estimate of drug-likeness (QED) is 0.684. The van der Waals surface area contributed by atoms with Crippen LogP contribution in [0, 0.1) is 6.92 Å².